The Morgan fingerprint density at radius 1 is 1.30 bits per heavy atom. The lowest BCUT2D eigenvalue weighted by molar-refractivity contribution is -0.137. The molecule has 0 aliphatic carbocycles. The van der Waals surface area contributed by atoms with Gasteiger partial charge in [0.05, 0.1) is 17.9 Å². The van der Waals surface area contributed by atoms with Gasteiger partial charge in [-0.1, -0.05) is 13.0 Å². The smallest absolute Gasteiger partial charge is 0.392 e. The molecule has 0 aliphatic rings. The summed E-state index contributed by atoms with van der Waals surface area (Å²) in [4.78, 5) is 4.09. The molecule has 6 heteroatoms. The summed E-state index contributed by atoms with van der Waals surface area (Å²) in [5, 5.41) is 9.00. The fourth-order valence-corrected chi connectivity index (χ4v) is 2.08. The minimum atomic E-state index is -4.48. The molecule has 0 aliphatic heterocycles. The van der Waals surface area contributed by atoms with E-state index in [1.165, 1.54) is 29.1 Å². The van der Waals surface area contributed by atoms with Crippen molar-refractivity contribution < 1.29 is 18.3 Å². The molecule has 0 amide bonds. The van der Waals surface area contributed by atoms with Crippen molar-refractivity contribution in [3.63, 3.8) is 0 Å². The zero-order valence-electron chi connectivity index (χ0n) is 11.0. The van der Waals surface area contributed by atoms with Crippen LogP contribution in [0.1, 0.15) is 30.3 Å². The molecule has 0 radical (unpaired) electrons. The van der Waals surface area contributed by atoms with Gasteiger partial charge in [-0.3, -0.25) is 0 Å². The van der Waals surface area contributed by atoms with Gasteiger partial charge in [-0.25, -0.2) is 4.98 Å². The van der Waals surface area contributed by atoms with E-state index in [1.807, 2.05) is 6.92 Å². The van der Waals surface area contributed by atoms with Crippen LogP contribution >= 0.6 is 0 Å². The molecule has 1 heterocycles. The fourth-order valence-electron chi connectivity index (χ4n) is 2.08. The third kappa shape index (κ3) is 2.85. The summed E-state index contributed by atoms with van der Waals surface area (Å²) in [5.41, 5.74) is -0.492. The standard InChI is InChI=1S/C14H15F3N2O/c1-2-3-13-18-6-7-19(13)12-5-4-10(9-20)8-11(12)14(15,16)17/h4-8,20H,2-3,9H2,1H3. The summed E-state index contributed by atoms with van der Waals surface area (Å²) in [6, 6.07) is 3.83. The maximum atomic E-state index is 13.2. The Bertz CT molecular complexity index is 590. The van der Waals surface area contributed by atoms with E-state index in [0.717, 1.165) is 12.5 Å². The highest BCUT2D eigenvalue weighted by atomic mass is 19.4. The number of hydrogen-bond acceptors (Lipinski definition) is 2. The zero-order chi connectivity index (χ0) is 14.8. The largest absolute Gasteiger partial charge is 0.418 e. The average molecular weight is 284 g/mol. The third-order valence-corrected chi connectivity index (χ3v) is 3.00. The number of aliphatic hydroxyl groups excluding tert-OH is 1. The van der Waals surface area contributed by atoms with Crippen LogP contribution < -0.4 is 0 Å². The first-order valence-corrected chi connectivity index (χ1v) is 6.31. The summed E-state index contributed by atoms with van der Waals surface area (Å²) in [5.74, 6) is 0.592. The maximum Gasteiger partial charge on any atom is 0.418 e. The van der Waals surface area contributed by atoms with Crippen molar-refractivity contribution in [2.75, 3.05) is 0 Å². The predicted octanol–water partition coefficient (Wildman–Crippen LogP) is 3.34. The minimum absolute atomic E-state index is 0.0376. The molecule has 0 unspecified atom stereocenters. The van der Waals surface area contributed by atoms with Gasteiger partial charge in [0, 0.05) is 18.8 Å². The number of hydrogen-bond donors (Lipinski definition) is 1. The van der Waals surface area contributed by atoms with Crippen molar-refractivity contribution in [3.05, 3.63) is 47.5 Å². The normalized spacial score (nSPS) is 11.8. The Hall–Kier alpha value is -1.82. The van der Waals surface area contributed by atoms with Crippen molar-refractivity contribution in [1.82, 2.24) is 9.55 Å². The predicted molar refractivity (Wildman–Crippen MR) is 68.5 cm³/mol. The second-order valence-electron chi connectivity index (χ2n) is 4.47. The summed E-state index contributed by atoms with van der Waals surface area (Å²) in [7, 11) is 0. The highest BCUT2D eigenvalue weighted by molar-refractivity contribution is 5.46. The molecule has 1 aromatic carbocycles. The first-order chi connectivity index (χ1) is 9.47. The van der Waals surface area contributed by atoms with E-state index >= 15 is 0 Å². The number of imidazole rings is 1. The second-order valence-corrected chi connectivity index (χ2v) is 4.47. The molecule has 1 N–H and O–H groups in total. The number of rotatable bonds is 4. The summed E-state index contributed by atoms with van der Waals surface area (Å²) < 4.78 is 40.9. The molecule has 1 aromatic heterocycles. The van der Waals surface area contributed by atoms with Crippen molar-refractivity contribution in [1.29, 1.82) is 0 Å². The van der Waals surface area contributed by atoms with Gasteiger partial charge in [0.1, 0.15) is 5.82 Å². The van der Waals surface area contributed by atoms with Gasteiger partial charge in [0.25, 0.3) is 0 Å². The number of nitrogens with zero attached hydrogens (tertiary/aromatic N) is 2. The monoisotopic (exact) mass is 284 g/mol. The Labute approximate surface area is 114 Å². The molecule has 0 bridgehead atoms. The molecule has 0 saturated carbocycles. The van der Waals surface area contributed by atoms with E-state index in [-0.39, 0.29) is 11.3 Å². The second kappa shape index (κ2) is 5.66. The van der Waals surface area contributed by atoms with Gasteiger partial charge in [-0.15, -0.1) is 0 Å². The highest BCUT2D eigenvalue weighted by Crippen LogP contribution is 2.35. The Balaban J connectivity index is 2.58. The Morgan fingerprint density at radius 3 is 2.65 bits per heavy atom. The van der Waals surface area contributed by atoms with Crippen LogP contribution in [0, 0.1) is 0 Å². The number of halogens is 3. The number of aromatic nitrogens is 2. The molecule has 0 fully saturated rings. The average Bonchev–Trinajstić information content (AvgIpc) is 2.85. The molecule has 108 valence electrons. The molecule has 0 saturated heterocycles. The first-order valence-electron chi connectivity index (χ1n) is 6.31. The summed E-state index contributed by atoms with van der Waals surface area (Å²) in [6.07, 6.45) is -0.0628. The van der Waals surface area contributed by atoms with Crippen molar-refractivity contribution in [2.24, 2.45) is 0 Å². The topological polar surface area (TPSA) is 38.0 Å². The van der Waals surface area contributed by atoms with Crippen LogP contribution in [-0.2, 0) is 19.2 Å². The zero-order valence-corrected chi connectivity index (χ0v) is 11.0. The molecule has 3 nitrogen and oxygen atoms in total. The summed E-state index contributed by atoms with van der Waals surface area (Å²) >= 11 is 0. The Kier molecular flexibility index (Phi) is 4.13. The number of aliphatic hydroxyl groups is 1. The van der Waals surface area contributed by atoms with Crippen molar-refractivity contribution in [3.8, 4) is 5.69 Å². The lowest BCUT2D eigenvalue weighted by Crippen LogP contribution is -2.13. The van der Waals surface area contributed by atoms with Crippen LogP contribution in [0.5, 0.6) is 0 Å². The maximum absolute atomic E-state index is 13.2. The SMILES string of the molecule is CCCc1nccn1-c1ccc(CO)cc1C(F)(F)F. The van der Waals surface area contributed by atoms with Crippen LogP contribution in [0.4, 0.5) is 13.2 Å². The number of alkyl halides is 3. The van der Waals surface area contributed by atoms with Crippen molar-refractivity contribution >= 4 is 0 Å². The van der Waals surface area contributed by atoms with Crippen LogP contribution in [0.25, 0.3) is 5.69 Å². The lowest BCUT2D eigenvalue weighted by atomic mass is 10.1. The van der Waals surface area contributed by atoms with Gasteiger partial charge in [0.2, 0.25) is 0 Å². The fraction of sp³-hybridized carbons (Fsp3) is 0.357. The number of benzene rings is 1. The molecule has 0 atom stereocenters. The van der Waals surface area contributed by atoms with Crippen molar-refractivity contribution in [2.45, 2.75) is 32.5 Å². The molecule has 20 heavy (non-hydrogen) atoms. The molecule has 2 aromatic rings. The van der Waals surface area contributed by atoms with Crippen LogP contribution in [0.3, 0.4) is 0 Å². The van der Waals surface area contributed by atoms with Gasteiger partial charge in [-0.2, -0.15) is 13.2 Å². The van der Waals surface area contributed by atoms with E-state index in [1.54, 1.807) is 0 Å². The van der Waals surface area contributed by atoms with E-state index in [4.69, 9.17) is 5.11 Å². The van der Waals surface area contributed by atoms with E-state index < -0.39 is 18.3 Å². The quantitative estimate of drug-likeness (QED) is 0.935. The van der Waals surface area contributed by atoms with Crippen LogP contribution in [-0.4, -0.2) is 14.7 Å². The third-order valence-electron chi connectivity index (χ3n) is 3.00. The van der Waals surface area contributed by atoms with E-state index in [2.05, 4.69) is 4.98 Å². The van der Waals surface area contributed by atoms with E-state index in [0.29, 0.717) is 12.2 Å². The van der Waals surface area contributed by atoms with E-state index in [9.17, 15) is 13.2 Å². The first kappa shape index (κ1) is 14.6. The molecule has 2 rings (SSSR count). The molecule has 0 spiro atoms. The number of aryl methyl sites for hydroxylation is 1. The summed E-state index contributed by atoms with van der Waals surface area (Å²) in [6.45, 7) is 1.52. The van der Waals surface area contributed by atoms with Crippen LogP contribution in [0.15, 0.2) is 30.6 Å². The minimum Gasteiger partial charge on any atom is -0.392 e. The van der Waals surface area contributed by atoms with Gasteiger partial charge >= 0.3 is 6.18 Å². The highest BCUT2D eigenvalue weighted by Gasteiger charge is 2.34. The molecular weight excluding hydrogens is 269 g/mol. The molecular formula is C14H15F3N2O. The lowest BCUT2D eigenvalue weighted by Gasteiger charge is -2.16. The van der Waals surface area contributed by atoms with Crippen LogP contribution in [0.2, 0.25) is 0 Å². The van der Waals surface area contributed by atoms with Gasteiger partial charge in [0.15, 0.2) is 0 Å². The van der Waals surface area contributed by atoms with Gasteiger partial charge < -0.3 is 9.67 Å². The Morgan fingerprint density at radius 2 is 2.05 bits per heavy atom. The van der Waals surface area contributed by atoms with Gasteiger partial charge in [-0.05, 0) is 24.1 Å².